The predicted octanol–water partition coefficient (Wildman–Crippen LogP) is 3.52. The number of rotatable bonds is 6. The lowest BCUT2D eigenvalue weighted by Gasteiger charge is -2.06. The third kappa shape index (κ3) is 9.69. The van der Waals surface area contributed by atoms with Crippen LogP contribution in [0, 0.1) is 6.92 Å². The van der Waals surface area contributed by atoms with Crippen LogP contribution >= 0.6 is 0 Å². The van der Waals surface area contributed by atoms with Crippen LogP contribution in [-0.2, 0) is 19.2 Å². The second kappa shape index (κ2) is 11.4. The summed E-state index contributed by atoms with van der Waals surface area (Å²) in [5, 5.41) is 5.30. The van der Waals surface area contributed by atoms with Gasteiger partial charge >= 0.3 is 0 Å². The molecule has 0 fully saturated rings. The minimum absolute atomic E-state index is 0.0606. The van der Waals surface area contributed by atoms with Crippen molar-refractivity contribution in [2.75, 3.05) is 10.6 Å². The lowest BCUT2D eigenvalue weighted by atomic mass is 10.2. The Labute approximate surface area is 159 Å². The largest absolute Gasteiger partial charge is 0.326 e. The van der Waals surface area contributed by atoms with Gasteiger partial charge in [0.05, 0.1) is 12.8 Å². The molecular weight excluding hydrogens is 344 g/mol. The molecule has 2 amide bonds. The number of anilines is 2. The van der Waals surface area contributed by atoms with Crippen LogP contribution in [0.1, 0.15) is 32.3 Å². The van der Waals surface area contributed by atoms with Gasteiger partial charge in [0.2, 0.25) is 11.8 Å². The van der Waals surface area contributed by atoms with Gasteiger partial charge in [-0.15, -0.1) is 0 Å². The molecule has 0 aromatic heterocycles. The predicted molar refractivity (Wildman–Crippen MR) is 105 cm³/mol. The van der Waals surface area contributed by atoms with E-state index in [1.807, 2.05) is 49.4 Å². The number of benzene rings is 2. The van der Waals surface area contributed by atoms with Gasteiger partial charge in [-0.25, -0.2) is 0 Å². The number of aryl methyl sites for hydroxylation is 1. The van der Waals surface area contributed by atoms with Crippen molar-refractivity contribution in [2.45, 2.75) is 33.6 Å². The van der Waals surface area contributed by atoms with E-state index in [-0.39, 0.29) is 36.2 Å². The monoisotopic (exact) mass is 368 g/mol. The zero-order chi connectivity index (χ0) is 20.2. The molecule has 0 saturated carbocycles. The number of hydrogen-bond donors (Lipinski definition) is 2. The third-order valence-electron chi connectivity index (χ3n) is 3.30. The summed E-state index contributed by atoms with van der Waals surface area (Å²) in [6.45, 7) is 4.70. The Kier molecular flexibility index (Phi) is 9.15. The Morgan fingerprint density at radius 1 is 0.704 bits per heavy atom. The molecule has 0 spiro atoms. The molecule has 2 aromatic rings. The van der Waals surface area contributed by atoms with Gasteiger partial charge in [-0.1, -0.05) is 36.4 Å². The van der Waals surface area contributed by atoms with E-state index in [0.717, 1.165) is 11.3 Å². The maximum Gasteiger partial charge on any atom is 0.231 e. The van der Waals surface area contributed by atoms with Crippen LogP contribution in [0.25, 0.3) is 0 Å². The zero-order valence-electron chi connectivity index (χ0n) is 15.7. The number of amides is 2. The minimum atomic E-state index is -0.265. The molecule has 6 heteroatoms. The third-order valence-corrected chi connectivity index (χ3v) is 3.30. The van der Waals surface area contributed by atoms with Crippen LogP contribution in [0.3, 0.4) is 0 Å². The van der Waals surface area contributed by atoms with E-state index in [9.17, 15) is 19.2 Å². The number of carbonyl (C=O) groups is 4. The van der Waals surface area contributed by atoms with E-state index in [1.165, 1.54) is 13.8 Å². The van der Waals surface area contributed by atoms with Crippen molar-refractivity contribution in [3.63, 3.8) is 0 Å². The second-order valence-electron chi connectivity index (χ2n) is 6.03. The van der Waals surface area contributed by atoms with Gasteiger partial charge in [-0.05, 0) is 44.5 Å². The van der Waals surface area contributed by atoms with Crippen molar-refractivity contribution in [1.29, 1.82) is 0 Å². The summed E-state index contributed by atoms with van der Waals surface area (Å²) >= 11 is 0. The molecule has 2 aromatic carbocycles. The number of para-hydroxylation sites is 2. The Morgan fingerprint density at radius 3 is 1.70 bits per heavy atom. The molecule has 0 atom stereocenters. The molecular formula is C21H24N2O4. The molecule has 27 heavy (non-hydrogen) atoms. The van der Waals surface area contributed by atoms with Crippen LogP contribution in [0.2, 0.25) is 0 Å². The molecule has 2 rings (SSSR count). The van der Waals surface area contributed by atoms with Crippen molar-refractivity contribution in [3.05, 3.63) is 60.2 Å². The number of carbonyl (C=O) groups excluding carboxylic acids is 4. The summed E-state index contributed by atoms with van der Waals surface area (Å²) < 4.78 is 0. The first-order valence-electron chi connectivity index (χ1n) is 8.47. The SMILES string of the molecule is CC(=O)CC(=O)Nc1ccccc1.CC(=O)CC(=O)Nc1ccccc1C. The Bertz CT molecular complexity index is 801. The molecule has 6 nitrogen and oxygen atoms in total. The Morgan fingerprint density at radius 2 is 1.19 bits per heavy atom. The molecule has 0 aliphatic heterocycles. The number of hydrogen-bond acceptors (Lipinski definition) is 4. The van der Waals surface area contributed by atoms with E-state index < -0.39 is 0 Å². The van der Waals surface area contributed by atoms with Crippen molar-refractivity contribution in [2.24, 2.45) is 0 Å². The van der Waals surface area contributed by atoms with Crippen molar-refractivity contribution < 1.29 is 19.2 Å². The Hall–Kier alpha value is -3.28. The first-order valence-corrected chi connectivity index (χ1v) is 8.47. The summed E-state index contributed by atoms with van der Waals surface area (Å²) in [5.41, 5.74) is 2.47. The average Bonchev–Trinajstić information content (AvgIpc) is 2.57. The van der Waals surface area contributed by atoms with Crippen LogP contribution in [0.5, 0.6) is 0 Å². The number of nitrogens with one attached hydrogen (secondary N) is 2. The van der Waals surface area contributed by atoms with Crippen LogP contribution < -0.4 is 10.6 Å². The lowest BCUT2D eigenvalue weighted by molar-refractivity contribution is -0.125. The summed E-state index contributed by atoms with van der Waals surface area (Å²) in [6.07, 6.45) is -0.122. The number of ketones is 2. The van der Waals surface area contributed by atoms with Gasteiger partial charge in [0.1, 0.15) is 11.6 Å². The highest BCUT2D eigenvalue weighted by atomic mass is 16.2. The van der Waals surface area contributed by atoms with Gasteiger partial charge in [0.15, 0.2) is 0 Å². The maximum absolute atomic E-state index is 11.2. The van der Waals surface area contributed by atoms with Gasteiger partial charge in [0, 0.05) is 11.4 Å². The lowest BCUT2D eigenvalue weighted by Crippen LogP contribution is -2.15. The standard InChI is InChI=1S/C11H13NO2.C10H11NO2/c1-8-5-3-4-6-10(8)12-11(14)7-9(2)13;1-8(12)7-10(13)11-9-5-3-2-4-6-9/h3-6H,7H2,1-2H3,(H,12,14);2-6H,7H2,1H3,(H,11,13). The van der Waals surface area contributed by atoms with E-state index in [4.69, 9.17) is 0 Å². The molecule has 0 radical (unpaired) electrons. The van der Waals surface area contributed by atoms with Crippen LogP contribution in [0.4, 0.5) is 11.4 Å². The topological polar surface area (TPSA) is 92.3 Å². The molecule has 0 unspecified atom stereocenters. The van der Waals surface area contributed by atoms with Gasteiger partial charge in [-0.2, -0.15) is 0 Å². The molecule has 142 valence electrons. The van der Waals surface area contributed by atoms with Gasteiger partial charge < -0.3 is 10.6 Å². The maximum atomic E-state index is 11.2. The Balaban J connectivity index is 0.000000271. The molecule has 0 aliphatic carbocycles. The summed E-state index contributed by atoms with van der Waals surface area (Å²) in [4.78, 5) is 43.6. The smallest absolute Gasteiger partial charge is 0.231 e. The fourth-order valence-corrected chi connectivity index (χ4v) is 2.09. The number of Topliss-reactive ketones (excluding diaryl/α,β-unsaturated/α-hetero) is 2. The first-order chi connectivity index (χ1) is 12.8. The average molecular weight is 368 g/mol. The van der Waals surface area contributed by atoms with Crippen molar-refractivity contribution >= 4 is 34.8 Å². The molecule has 2 N–H and O–H groups in total. The van der Waals surface area contributed by atoms with E-state index >= 15 is 0 Å². The minimum Gasteiger partial charge on any atom is -0.326 e. The molecule has 0 heterocycles. The summed E-state index contributed by atoms with van der Waals surface area (Å²) in [6, 6.07) is 16.5. The van der Waals surface area contributed by atoms with E-state index in [0.29, 0.717) is 5.69 Å². The molecule has 0 saturated heterocycles. The molecule has 0 aliphatic rings. The highest BCUT2D eigenvalue weighted by Crippen LogP contribution is 2.13. The summed E-state index contributed by atoms with van der Waals surface area (Å²) in [5.74, 6) is -0.782. The zero-order valence-corrected chi connectivity index (χ0v) is 15.7. The fourth-order valence-electron chi connectivity index (χ4n) is 2.09. The van der Waals surface area contributed by atoms with Crippen molar-refractivity contribution in [1.82, 2.24) is 0 Å². The van der Waals surface area contributed by atoms with Gasteiger partial charge in [-0.3, -0.25) is 19.2 Å². The second-order valence-corrected chi connectivity index (χ2v) is 6.03. The van der Waals surface area contributed by atoms with Crippen molar-refractivity contribution in [3.8, 4) is 0 Å². The summed E-state index contributed by atoms with van der Waals surface area (Å²) in [7, 11) is 0. The quantitative estimate of drug-likeness (QED) is 0.763. The normalized spacial score (nSPS) is 9.44. The van der Waals surface area contributed by atoms with Crippen LogP contribution in [0.15, 0.2) is 54.6 Å². The van der Waals surface area contributed by atoms with Gasteiger partial charge in [0.25, 0.3) is 0 Å². The fraction of sp³-hybridized carbons (Fsp3) is 0.238. The van der Waals surface area contributed by atoms with E-state index in [2.05, 4.69) is 10.6 Å². The first kappa shape index (κ1) is 21.8. The highest BCUT2D eigenvalue weighted by molar-refractivity contribution is 6.04. The van der Waals surface area contributed by atoms with Crippen LogP contribution in [-0.4, -0.2) is 23.4 Å². The van der Waals surface area contributed by atoms with E-state index in [1.54, 1.807) is 12.1 Å². The molecule has 0 bridgehead atoms. The highest BCUT2D eigenvalue weighted by Gasteiger charge is 2.06.